The van der Waals surface area contributed by atoms with E-state index in [-0.39, 0.29) is 5.69 Å². The summed E-state index contributed by atoms with van der Waals surface area (Å²) in [7, 11) is 0. The van der Waals surface area contributed by atoms with Crippen molar-refractivity contribution in [2.75, 3.05) is 17.6 Å². The molecule has 3 N–H and O–H groups in total. The lowest BCUT2D eigenvalue weighted by atomic mass is 10.2. The summed E-state index contributed by atoms with van der Waals surface area (Å²) in [5, 5.41) is 2.83. The van der Waals surface area contributed by atoms with Gasteiger partial charge in [0.05, 0.1) is 0 Å². The zero-order chi connectivity index (χ0) is 20.9. The summed E-state index contributed by atoms with van der Waals surface area (Å²) in [6.45, 7) is 3.65. The van der Waals surface area contributed by atoms with Crippen LogP contribution in [0.15, 0.2) is 36.4 Å². The van der Waals surface area contributed by atoms with Crippen molar-refractivity contribution in [3.63, 3.8) is 0 Å². The third-order valence-electron chi connectivity index (χ3n) is 3.52. The zero-order valence-corrected chi connectivity index (χ0v) is 15.3. The van der Waals surface area contributed by atoms with Gasteiger partial charge in [0, 0.05) is 50.3 Å². The molecule has 0 radical (unpaired) electrons. The summed E-state index contributed by atoms with van der Waals surface area (Å²) in [6.07, 6.45) is -0.290. The number of anilines is 2. The summed E-state index contributed by atoms with van der Waals surface area (Å²) >= 11 is 0. The van der Waals surface area contributed by atoms with Gasteiger partial charge in [-0.05, 0) is 24.3 Å². The Morgan fingerprint density at radius 3 is 1.89 bits per heavy atom. The zero-order valence-electron chi connectivity index (χ0n) is 15.3. The highest BCUT2D eigenvalue weighted by atomic mass is 19.1. The molecule has 2 aromatic carbocycles. The van der Waals surface area contributed by atoms with Crippen LogP contribution in [-0.4, -0.2) is 24.4 Å². The van der Waals surface area contributed by atoms with Crippen LogP contribution in [0.3, 0.4) is 0 Å². The van der Waals surface area contributed by atoms with Gasteiger partial charge < -0.3 is 20.5 Å². The van der Waals surface area contributed by atoms with E-state index in [2.05, 4.69) is 5.32 Å². The molecule has 28 heavy (non-hydrogen) atoms. The molecule has 1 aliphatic heterocycles. The summed E-state index contributed by atoms with van der Waals surface area (Å²) in [5.41, 5.74) is 5.51. The SMILES string of the molecule is CC1(C)OC(=O)[C@@H](CCNc2cc(F)cc(F)c2)O1.Nc1cc(F)cc(F)c1. The van der Waals surface area contributed by atoms with Crippen LogP contribution in [0.4, 0.5) is 28.9 Å². The molecule has 0 spiro atoms. The topological polar surface area (TPSA) is 73.6 Å². The van der Waals surface area contributed by atoms with Gasteiger partial charge in [-0.25, -0.2) is 22.4 Å². The van der Waals surface area contributed by atoms with Gasteiger partial charge in [0.15, 0.2) is 6.10 Å². The fourth-order valence-electron chi connectivity index (χ4n) is 2.48. The molecule has 0 saturated carbocycles. The lowest BCUT2D eigenvalue weighted by Gasteiger charge is -2.15. The molecular formula is C19H20F4N2O3. The van der Waals surface area contributed by atoms with Crippen LogP contribution in [0.1, 0.15) is 20.3 Å². The van der Waals surface area contributed by atoms with Crippen LogP contribution in [-0.2, 0) is 14.3 Å². The van der Waals surface area contributed by atoms with E-state index in [1.165, 1.54) is 12.1 Å². The Morgan fingerprint density at radius 2 is 1.46 bits per heavy atom. The number of cyclic esters (lactones) is 1. The largest absolute Gasteiger partial charge is 0.432 e. The van der Waals surface area contributed by atoms with E-state index >= 15 is 0 Å². The number of nitrogen functional groups attached to an aromatic ring is 1. The number of halogens is 4. The average Bonchev–Trinajstić information content (AvgIpc) is 2.77. The highest BCUT2D eigenvalue weighted by Crippen LogP contribution is 2.25. The number of hydrogen-bond donors (Lipinski definition) is 2. The van der Waals surface area contributed by atoms with Crippen LogP contribution in [0, 0.1) is 23.3 Å². The Kier molecular flexibility index (Phi) is 6.85. The molecule has 2 aromatic rings. The lowest BCUT2D eigenvalue weighted by Crippen LogP contribution is -2.23. The first kappa shape index (κ1) is 21.5. The fraction of sp³-hybridized carbons (Fsp3) is 0.316. The first-order valence-electron chi connectivity index (χ1n) is 8.36. The standard InChI is InChI=1S/C13H15F2NO3.C6H5F2N/c1-13(2)18-11(12(17)19-13)3-4-16-10-6-8(14)5-9(15)7-10;7-4-1-5(8)3-6(9)2-4/h5-7,11,16H,3-4H2,1-2H3;1-3H,9H2/t11-;/m1./s1. The second-order valence-corrected chi connectivity index (χ2v) is 6.50. The van der Waals surface area contributed by atoms with Gasteiger partial charge in [0.25, 0.3) is 0 Å². The highest BCUT2D eigenvalue weighted by molar-refractivity contribution is 5.76. The highest BCUT2D eigenvalue weighted by Gasteiger charge is 2.40. The van der Waals surface area contributed by atoms with Crippen molar-refractivity contribution in [1.82, 2.24) is 0 Å². The maximum atomic E-state index is 12.9. The van der Waals surface area contributed by atoms with E-state index in [1.54, 1.807) is 13.8 Å². The number of nitrogens with one attached hydrogen (secondary N) is 1. The maximum Gasteiger partial charge on any atom is 0.337 e. The first-order chi connectivity index (χ1) is 13.0. The van der Waals surface area contributed by atoms with E-state index in [4.69, 9.17) is 15.2 Å². The molecule has 0 aliphatic carbocycles. The van der Waals surface area contributed by atoms with Crippen molar-refractivity contribution < 1.29 is 31.8 Å². The molecule has 152 valence electrons. The lowest BCUT2D eigenvalue weighted by molar-refractivity contribution is -0.160. The van der Waals surface area contributed by atoms with Crippen molar-refractivity contribution in [2.45, 2.75) is 32.2 Å². The van der Waals surface area contributed by atoms with Crippen molar-refractivity contribution in [2.24, 2.45) is 0 Å². The Balaban J connectivity index is 0.000000261. The molecule has 0 bridgehead atoms. The summed E-state index contributed by atoms with van der Waals surface area (Å²) < 4.78 is 60.5. The third kappa shape index (κ3) is 6.73. The minimum atomic E-state index is -0.910. The number of rotatable bonds is 4. The Hall–Kier alpha value is -2.81. The van der Waals surface area contributed by atoms with Gasteiger partial charge in [0.2, 0.25) is 5.79 Å². The number of hydrogen-bond acceptors (Lipinski definition) is 5. The number of ether oxygens (including phenoxy) is 2. The monoisotopic (exact) mass is 400 g/mol. The smallest absolute Gasteiger partial charge is 0.337 e. The molecule has 0 aromatic heterocycles. The van der Waals surface area contributed by atoms with Crippen LogP contribution in [0.2, 0.25) is 0 Å². The molecule has 0 unspecified atom stereocenters. The van der Waals surface area contributed by atoms with Crippen molar-refractivity contribution in [3.05, 3.63) is 59.7 Å². The summed E-state index contributed by atoms with van der Waals surface area (Å²) in [4.78, 5) is 11.4. The molecule has 5 nitrogen and oxygen atoms in total. The minimum absolute atomic E-state index is 0.104. The van der Waals surface area contributed by atoms with Crippen LogP contribution >= 0.6 is 0 Å². The van der Waals surface area contributed by atoms with Crippen molar-refractivity contribution in [3.8, 4) is 0 Å². The average molecular weight is 400 g/mol. The number of nitrogens with two attached hydrogens (primary N) is 1. The van der Waals surface area contributed by atoms with Crippen molar-refractivity contribution in [1.29, 1.82) is 0 Å². The fourth-order valence-corrected chi connectivity index (χ4v) is 2.48. The molecule has 1 atom stereocenters. The van der Waals surface area contributed by atoms with Crippen molar-refractivity contribution >= 4 is 17.3 Å². The van der Waals surface area contributed by atoms with Crippen LogP contribution in [0.5, 0.6) is 0 Å². The van der Waals surface area contributed by atoms with Gasteiger partial charge in [-0.3, -0.25) is 0 Å². The summed E-state index contributed by atoms with van der Waals surface area (Å²) in [5.74, 6) is -3.93. The Labute approximate surface area is 159 Å². The van der Waals surface area contributed by atoms with Crippen LogP contribution in [0.25, 0.3) is 0 Å². The van der Waals surface area contributed by atoms with E-state index in [1.807, 2.05) is 0 Å². The van der Waals surface area contributed by atoms with Gasteiger partial charge in [-0.1, -0.05) is 0 Å². The van der Waals surface area contributed by atoms with E-state index in [9.17, 15) is 22.4 Å². The second-order valence-electron chi connectivity index (χ2n) is 6.50. The molecule has 1 fully saturated rings. The number of benzene rings is 2. The third-order valence-corrected chi connectivity index (χ3v) is 3.52. The molecule has 3 rings (SSSR count). The van der Waals surface area contributed by atoms with Crippen LogP contribution < -0.4 is 11.1 Å². The first-order valence-corrected chi connectivity index (χ1v) is 8.36. The summed E-state index contributed by atoms with van der Waals surface area (Å²) in [6, 6.07) is 6.05. The quantitative estimate of drug-likeness (QED) is 0.461. The Bertz CT molecular complexity index is 775. The minimum Gasteiger partial charge on any atom is -0.432 e. The molecule has 1 heterocycles. The number of esters is 1. The molecule has 1 saturated heterocycles. The van der Waals surface area contributed by atoms with Gasteiger partial charge >= 0.3 is 5.97 Å². The molecule has 9 heteroatoms. The number of carbonyl (C=O) groups is 1. The number of carbonyl (C=O) groups excluding carboxylic acids is 1. The second kappa shape index (κ2) is 8.92. The Morgan fingerprint density at radius 1 is 0.964 bits per heavy atom. The predicted octanol–water partition coefficient (Wildman–Crippen LogP) is 3.99. The predicted molar refractivity (Wildman–Crippen MR) is 95.3 cm³/mol. The van der Waals surface area contributed by atoms with E-state index in [0.717, 1.165) is 24.3 Å². The van der Waals surface area contributed by atoms with E-state index < -0.39 is 41.1 Å². The molecule has 1 aliphatic rings. The van der Waals surface area contributed by atoms with Gasteiger partial charge in [-0.15, -0.1) is 0 Å². The maximum absolute atomic E-state index is 12.9. The normalized spacial score (nSPS) is 17.5. The molecular weight excluding hydrogens is 380 g/mol. The van der Waals surface area contributed by atoms with Gasteiger partial charge in [0.1, 0.15) is 23.3 Å². The van der Waals surface area contributed by atoms with E-state index in [0.29, 0.717) is 18.7 Å². The molecule has 0 amide bonds. The van der Waals surface area contributed by atoms with Gasteiger partial charge in [-0.2, -0.15) is 0 Å².